The molecule has 2 N–H and O–H groups in total. The van der Waals surface area contributed by atoms with Crippen LogP contribution in [0.4, 0.5) is 4.79 Å². The van der Waals surface area contributed by atoms with Gasteiger partial charge in [0.25, 0.3) is 0 Å². The minimum atomic E-state index is -0.876. The van der Waals surface area contributed by atoms with Crippen molar-refractivity contribution in [3.63, 3.8) is 0 Å². The lowest BCUT2D eigenvalue weighted by molar-refractivity contribution is -0.143. The summed E-state index contributed by atoms with van der Waals surface area (Å²) >= 11 is 0. The summed E-state index contributed by atoms with van der Waals surface area (Å²) in [6.07, 6.45) is 0.0183. The Bertz CT molecular complexity index is 323. The number of nitrogens with one attached hydrogen (secondary N) is 1. The molecule has 0 aromatic carbocycles. The van der Waals surface area contributed by atoms with Gasteiger partial charge in [-0.15, -0.1) is 0 Å². The zero-order chi connectivity index (χ0) is 14.6. The minimum Gasteiger partial charge on any atom is -0.481 e. The largest absolute Gasteiger partial charge is 0.481 e. The van der Waals surface area contributed by atoms with Gasteiger partial charge in [0.1, 0.15) is 0 Å². The van der Waals surface area contributed by atoms with E-state index in [0.29, 0.717) is 13.1 Å². The summed E-state index contributed by atoms with van der Waals surface area (Å²) in [6, 6.07) is -0.214. The van der Waals surface area contributed by atoms with Gasteiger partial charge in [-0.2, -0.15) is 0 Å². The molecule has 0 radical (unpaired) electrons. The van der Waals surface area contributed by atoms with E-state index in [-0.39, 0.29) is 30.7 Å². The van der Waals surface area contributed by atoms with E-state index in [1.54, 1.807) is 4.90 Å². The molecule has 1 fully saturated rings. The molecule has 1 heterocycles. The summed E-state index contributed by atoms with van der Waals surface area (Å²) in [6.45, 7) is 8.75. The number of amides is 2. The number of carbonyl (C=O) groups excluding carboxylic acids is 1. The Morgan fingerprint density at radius 2 is 1.84 bits per heavy atom. The highest BCUT2D eigenvalue weighted by Gasteiger charge is 2.27. The molecule has 0 saturated carbocycles. The normalized spacial score (nSPS) is 25.2. The van der Waals surface area contributed by atoms with E-state index in [2.05, 4.69) is 5.32 Å². The smallest absolute Gasteiger partial charge is 0.317 e. The van der Waals surface area contributed by atoms with Crippen LogP contribution in [0.5, 0.6) is 0 Å². The molecule has 0 aliphatic carbocycles. The Balaban J connectivity index is 2.48. The Hall–Kier alpha value is -1.30. The van der Waals surface area contributed by atoms with Gasteiger partial charge >= 0.3 is 12.0 Å². The maximum Gasteiger partial charge on any atom is 0.317 e. The number of rotatable bonds is 4. The van der Waals surface area contributed by atoms with Gasteiger partial charge in [0, 0.05) is 19.6 Å². The van der Waals surface area contributed by atoms with Crippen molar-refractivity contribution in [2.45, 2.75) is 39.9 Å². The Morgan fingerprint density at radius 1 is 1.32 bits per heavy atom. The first kappa shape index (κ1) is 15.8. The van der Waals surface area contributed by atoms with Gasteiger partial charge in [0.15, 0.2) is 0 Å². The van der Waals surface area contributed by atoms with Crippen LogP contribution in [0.15, 0.2) is 0 Å². The summed E-state index contributed by atoms with van der Waals surface area (Å²) in [7, 11) is 0. The third kappa shape index (κ3) is 4.70. The lowest BCUT2D eigenvalue weighted by atomic mass is 9.96. The average molecular weight is 272 g/mol. The quantitative estimate of drug-likeness (QED) is 0.805. The molecule has 0 aromatic rings. The van der Waals surface area contributed by atoms with Crippen LogP contribution < -0.4 is 5.32 Å². The van der Waals surface area contributed by atoms with E-state index in [1.807, 2.05) is 27.7 Å². The fraction of sp³-hybridized carbons (Fsp3) is 0.846. The van der Waals surface area contributed by atoms with E-state index in [0.717, 1.165) is 0 Å². The van der Waals surface area contributed by atoms with Crippen molar-refractivity contribution < 1.29 is 19.4 Å². The maximum atomic E-state index is 12.0. The van der Waals surface area contributed by atoms with Gasteiger partial charge in [-0.3, -0.25) is 4.79 Å². The lowest BCUT2D eigenvalue weighted by Gasteiger charge is -2.35. The van der Waals surface area contributed by atoms with Crippen LogP contribution in [0.1, 0.15) is 27.7 Å². The fourth-order valence-electron chi connectivity index (χ4n) is 2.26. The molecule has 0 spiro atoms. The highest BCUT2D eigenvalue weighted by Crippen LogP contribution is 2.12. The van der Waals surface area contributed by atoms with Gasteiger partial charge in [-0.25, -0.2) is 4.79 Å². The van der Waals surface area contributed by atoms with Crippen LogP contribution in [0.25, 0.3) is 0 Å². The molecule has 2 amide bonds. The zero-order valence-electron chi connectivity index (χ0n) is 12.0. The van der Waals surface area contributed by atoms with Crippen LogP contribution in [0.3, 0.4) is 0 Å². The average Bonchev–Trinajstić information content (AvgIpc) is 2.26. The summed E-state index contributed by atoms with van der Waals surface area (Å²) in [4.78, 5) is 24.7. The monoisotopic (exact) mass is 272 g/mol. The Labute approximate surface area is 114 Å². The van der Waals surface area contributed by atoms with E-state index in [1.165, 1.54) is 0 Å². The first-order valence-corrected chi connectivity index (χ1v) is 6.72. The van der Waals surface area contributed by atoms with Crippen molar-refractivity contribution in [1.29, 1.82) is 0 Å². The number of carboxylic acids is 1. The second kappa shape index (κ2) is 6.75. The number of carbonyl (C=O) groups is 2. The van der Waals surface area contributed by atoms with Crippen LogP contribution in [0.2, 0.25) is 0 Å². The first-order chi connectivity index (χ1) is 8.81. The van der Waals surface area contributed by atoms with Crippen molar-refractivity contribution in [3.8, 4) is 0 Å². The number of urea groups is 1. The molecule has 1 saturated heterocycles. The van der Waals surface area contributed by atoms with Crippen molar-refractivity contribution >= 4 is 12.0 Å². The second-order valence-corrected chi connectivity index (χ2v) is 5.54. The predicted octanol–water partition coefficient (Wildman–Crippen LogP) is 1.16. The van der Waals surface area contributed by atoms with Gasteiger partial charge in [0.05, 0.1) is 18.1 Å². The molecule has 3 atom stereocenters. The lowest BCUT2D eigenvalue weighted by Crippen LogP contribution is -2.52. The molecule has 6 heteroatoms. The van der Waals surface area contributed by atoms with Crippen molar-refractivity contribution in [1.82, 2.24) is 10.2 Å². The van der Waals surface area contributed by atoms with E-state index < -0.39 is 11.9 Å². The maximum absolute atomic E-state index is 12.0. The number of hydrogen-bond donors (Lipinski definition) is 2. The first-order valence-electron chi connectivity index (χ1n) is 6.72. The molecule has 6 nitrogen and oxygen atoms in total. The highest BCUT2D eigenvalue weighted by atomic mass is 16.5. The van der Waals surface area contributed by atoms with Crippen LogP contribution in [0, 0.1) is 11.8 Å². The van der Waals surface area contributed by atoms with Crippen molar-refractivity contribution in [2.75, 3.05) is 19.6 Å². The molecule has 1 aliphatic heterocycles. The minimum absolute atomic E-state index is 0.00914. The fourth-order valence-corrected chi connectivity index (χ4v) is 2.26. The number of ether oxygens (including phenoxy) is 1. The number of nitrogens with zero attached hydrogens (tertiary/aromatic N) is 1. The van der Waals surface area contributed by atoms with Crippen LogP contribution in [-0.2, 0) is 9.53 Å². The highest BCUT2D eigenvalue weighted by molar-refractivity contribution is 5.76. The molecule has 1 rings (SSSR count). The van der Waals surface area contributed by atoms with Gasteiger partial charge in [-0.1, -0.05) is 13.8 Å². The van der Waals surface area contributed by atoms with E-state index in [9.17, 15) is 9.59 Å². The zero-order valence-corrected chi connectivity index (χ0v) is 12.0. The Kier molecular flexibility index (Phi) is 5.60. The predicted molar refractivity (Wildman–Crippen MR) is 70.9 cm³/mol. The molecule has 0 bridgehead atoms. The SMILES string of the molecule is CC(C)C(CNC(=O)N1C[C@@H](C)O[C@@H](C)C1)C(=O)O. The third-order valence-electron chi connectivity index (χ3n) is 3.30. The summed E-state index contributed by atoms with van der Waals surface area (Å²) in [5, 5.41) is 11.8. The van der Waals surface area contributed by atoms with Crippen molar-refractivity contribution in [2.24, 2.45) is 11.8 Å². The van der Waals surface area contributed by atoms with E-state index >= 15 is 0 Å². The van der Waals surface area contributed by atoms with E-state index in [4.69, 9.17) is 9.84 Å². The summed E-state index contributed by atoms with van der Waals surface area (Å²) in [5.74, 6) is -1.45. The topological polar surface area (TPSA) is 78.9 Å². The summed E-state index contributed by atoms with van der Waals surface area (Å²) in [5.41, 5.74) is 0. The van der Waals surface area contributed by atoms with Crippen LogP contribution in [-0.4, -0.2) is 53.8 Å². The third-order valence-corrected chi connectivity index (χ3v) is 3.30. The number of hydrogen-bond acceptors (Lipinski definition) is 3. The number of aliphatic carboxylic acids is 1. The van der Waals surface area contributed by atoms with Gasteiger partial charge < -0.3 is 20.1 Å². The van der Waals surface area contributed by atoms with Gasteiger partial charge in [-0.05, 0) is 19.8 Å². The molecule has 1 unspecified atom stereocenters. The molecule has 1 aliphatic rings. The number of carboxylic acid groups (broad SMARTS) is 1. The standard InChI is InChI=1S/C13H24N2O4/c1-8(2)11(12(16)17)5-14-13(18)15-6-9(3)19-10(4)7-15/h8-11H,5-7H2,1-4H3,(H,14,18)(H,16,17)/t9-,10+,11?. The molecule has 19 heavy (non-hydrogen) atoms. The van der Waals surface area contributed by atoms with Gasteiger partial charge in [0.2, 0.25) is 0 Å². The van der Waals surface area contributed by atoms with Crippen LogP contribution >= 0.6 is 0 Å². The van der Waals surface area contributed by atoms with Crippen molar-refractivity contribution in [3.05, 3.63) is 0 Å². The summed E-state index contributed by atoms with van der Waals surface area (Å²) < 4.78 is 5.55. The molecule has 110 valence electrons. The molecular formula is C13H24N2O4. The molecular weight excluding hydrogens is 248 g/mol. The molecule has 0 aromatic heterocycles. The number of morpholine rings is 1. The Morgan fingerprint density at radius 3 is 2.26 bits per heavy atom. The second-order valence-electron chi connectivity index (χ2n) is 5.54.